The minimum atomic E-state index is 1.28. The second-order valence-corrected chi connectivity index (χ2v) is 6.37. The summed E-state index contributed by atoms with van der Waals surface area (Å²) in [6.45, 7) is 4.35. The molecular formula is C24H20. The lowest BCUT2D eigenvalue weighted by atomic mass is 9.92. The molecule has 0 saturated carbocycles. The van der Waals surface area contributed by atoms with Crippen molar-refractivity contribution in [2.75, 3.05) is 0 Å². The standard InChI is InChI=1S/C24H20/c1-17-8-3-5-11-21(17)20-14-15-23-19(16-20)10-7-13-24(23)22-12-6-4-9-18(22)2/h3-16H,1-2H3. The van der Waals surface area contributed by atoms with Crippen molar-refractivity contribution in [3.8, 4) is 22.3 Å². The minimum absolute atomic E-state index is 1.28. The fourth-order valence-electron chi connectivity index (χ4n) is 3.46. The molecule has 0 aliphatic rings. The van der Waals surface area contributed by atoms with E-state index in [2.05, 4.69) is 98.8 Å². The Balaban J connectivity index is 1.92. The highest BCUT2D eigenvalue weighted by atomic mass is 14.1. The first-order chi connectivity index (χ1) is 11.7. The lowest BCUT2D eigenvalue weighted by Crippen LogP contribution is -1.87. The summed E-state index contributed by atoms with van der Waals surface area (Å²) in [4.78, 5) is 0. The fourth-order valence-corrected chi connectivity index (χ4v) is 3.46. The number of hydrogen-bond acceptors (Lipinski definition) is 0. The third-order valence-electron chi connectivity index (χ3n) is 4.77. The predicted molar refractivity (Wildman–Crippen MR) is 104 cm³/mol. The number of benzene rings is 4. The molecule has 0 aliphatic carbocycles. The monoisotopic (exact) mass is 308 g/mol. The number of rotatable bonds is 2. The van der Waals surface area contributed by atoms with Crippen molar-refractivity contribution in [3.63, 3.8) is 0 Å². The summed E-state index contributed by atoms with van der Waals surface area (Å²) < 4.78 is 0. The van der Waals surface area contributed by atoms with E-state index in [9.17, 15) is 0 Å². The van der Waals surface area contributed by atoms with Gasteiger partial charge in [-0.1, -0.05) is 78.9 Å². The molecule has 0 aromatic heterocycles. The smallest absolute Gasteiger partial charge is 0.0103 e. The molecule has 0 heterocycles. The van der Waals surface area contributed by atoms with Gasteiger partial charge in [-0.25, -0.2) is 0 Å². The number of fused-ring (bicyclic) bond motifs is 1. The maximum atomic E-state index is 2.30. The topological polar surface area (TPSA) is 0 Å². The Morgan fingerprint density at radius 1 is 0.500 bits per heavy atom. The van der Waals surface area contributed by atoms with Crippen LogP contribution >= 0.6 is 0 Å². The average Bonchev–Trinajstić information content (AvgIpc) is 2.62. The molecule has 0 unspecified atom stereocenters. The van der Waals surface area contributed by atoms with Crippen LogP contribution in [-0.2, 0) is 0 Å². The first kappa shape index (κ1) is 14.7. The van der Waals surface area contributed by atoms with Crippen molar-refractivity contribution in [1.29, 1.82) is 0 Å². The highest BCUT2D eigenvalue weighted by Crippen LogP contribution is 2.33. The van der Waals surface area contributed by atoms with Crippen LogP contribution in [0.4, 0.5) is 0 Å². The van der Waals surface area contributed by atoms with Crippen LogP contribution in [0, 0.1) is 13.8 Å². The molecule has 116 valence electrons. The van der Waals surface area contributed by atoms with E-state index in [-0.39, 0.29) is 0 Å². The van der Waals surface area contributed by atoms with Crippen LogP contribution in [0.25, 0.3) is 33.0 Å². The van der Waals surface area contributed by atoms with Gasteiger partial charge in [-0.05, 0) is 64.1 Å². The van der Waals surface area contributed by atoms with E-state index < -0.39 is 0 Å². The highest BCUT2D eigenvalue weighted by molar-refractivity contribution is 5.99. The van der Waals surface area contributed by atoms with Gasteiger partial charge in [-0.15, -0.1) is 0 Å². The first-order valence-corrected chi connectivity index (χ1v) is 8.39. The van der Waals surface area contributed by atoms with Gasteiger partial charge in [-0.2, -0.15) is 0 Å². The van der Waals surface area contributed by atoms with Gasteiger partial charge in [-0.3, -0.25) is 0 Å². The quantitative estimate of drug-likeness (QED) is 0.382. The summed E-state index contributed by atoms with van der Waals surface area (Å²) in [5.74, 6) is 0. The van der Waals surface area contributed by atoms with Crippen molar-refractivity contribution >= 4 is 10.8 Å². The molecule has 0 spiro atoms. The van der Waals surface area contributed by atoms with Crippen LogP contribution in [0.2, 0.25) is 0 Å². The highest BCUT2D eigenvalue weighted by Gasteiger charge is 2.08. The van der Waals surface area contributed by atoms with Crippen molar-refractivity contribution in [1.82, 2.24) is 0 Å². The molecule has 0 radical (unpaired) electrons. The number of hydrogen-bond donors (Lipinski definition) is 0. The van der Waals surface area contributed by atoms with Gasteiger partial charge in [0.15, 0.2) is 0 Å². The Hall–Kier alpha value is -2.86. The van der Waals surface area contributed by atoms with Gasteiger partial charge in [0, 0.05) is 0 Å². The Labute approximate surface area is 143 Å². The Kier molecular flexibility index (Phi) is 3.66. The van der Waals surface area contributed by atoms with Crippen molar-refractivity contribution in [2.45, 2.75) is 13.8 Å². The summed E-state index contributed by atoms with van der Waals surface area (Å²) in [5.41, 5.74) is 7.83. The Bertz CT molecular complexity index is 1020. The fraction of sp³-hybridized carbons (Fsp3) is 0.0833. The summed E-state index contributed by atoms with van der Waals surface area (Å²) in [7, 11) is 0. The zero-order chi connectivity index (χ0) is 16.5. The van der Waals surface area contributed by atoms with Gasteiger partial charge < -0.3 is 0 Å². The molecule has 0 amide bonds. The van der Waals surface area contributed by atoms with Crippen molar-refractivity contribution in [2.24, 2.45) is 0 Å². The lowest BCUT2D eigenvalue weighted by molar-refractivity contribution is 1.46. The van der Waals surface area contributed by atoms with E-state index in [0.717, 1.165) is 0 Å². The van der Waals surface area contributed by atoms with Crippen LogP contribution in [0.3, 0.4) is 0 Å². The molecular weight excluding hydrogens is 288 g/mol. The summed E-state index contributed by atoms with van der Waals surface area (Å²) in [5, 5.41) is 2.60. The van der Waals surface area contributed by atoms with E-state index in [1.54, 1.807) is 0 Å². The third-order valence-corrected chi connectivity index (χ3v) is 4.77. The van der Waals surface area contributed by atoms with Gasteiger partial charge in [0.05, 0.1) is 0 Å². The molecule has 24 heavy (non-hydrogen) atoms. The van der Waals surface area contributed by atoms with E-state index in [1.807, 2.05) is 0 Å². The third kappa shape index (κ3) is 2.51. The number of aryl methyl sites for hydroxylation is 2. The lowest BCUT2D eigenvalue weighted by Gasteiger charge is -2.12. The Morgan fingerprint density at radius 2 is 1.12 bits per heavy atom. The molecule has 4 aromatic carbocycles. The summed E-state index contributed by atoms with van der Waals surface area (Å²) in [6.07, 6.45) is 0. The van der Waals surface area contributed by atoms with Crippen LogP contribution < -0.4 is 0 Å². The Morgan fingerprint density at radius 3 is 1.83 bits per heavy atom. The minimum Gasteiger partial charge on any atom is -0.0620 e. The van der Waals surface area contributed by atoms with Crippen LogP contribution in [0.5, 0.6) is 0 Å². The molecule has 0 N–H and O–H groups in total. The molecule has 0 aliphatic heterocycles. The maximum Gasteiger partial charge on any atom is -0.0103 e. The van der Waals surface area contributed by atoms with E-state index >= 15 is 0 Å². The molecule has 0 saturated heterocycles. The maximum absolute atomic E-state index is 2.30. The summed E-state index contributed by atoms with van der Waals surface area (Å²) in [6, 6.07) is 30.6. The van der Waals surface area contributed by atoms with Crippen molar-refractivity contribution < 1.29 is 0 Å². The average molecular weight is 308 g/mol. The molecule has 0 atom stereocenters. The molecule has 4 rings (SSSR count). The van der Waals surface area contributed by atoms with Gasteiger partial charge in [0.1, 0.15) is 0 Å². The van der Waals surface area contributed by atoms with Gasteiger partial charge in [0.2, 0.25) is 0 Å². The van der Waals surface area contributed by atoms with Crippen LogP contribution in [0.1, 0.15) is 11.1 Å². The van der Waals surface area contributed by atoms with E-state index in [1.165, 1.54) is 44.2 Å². The summed E-state index contributed by atoms with van der Waals surface area (Å²) >= 11 is 0. The largest absolute Gasteiger partial charge is 0.0620 e. The first-order valence-electron chi connectivity index (χ1n) is 8.39. The van der Waals surface area contributed by atoms with Crippen molar-refractivity contribution in [3.05, 3.63) is 96.1 Å². The molecule has 0 heteroatoms. The molecule has 0 fully saturated rings. The molecule has 4 aromatic rings. The normalized spacial score (nSPS) is 10.9. The van der Waals surface area contributed by atoms with E-state index in [4.69, 9.17) is 0 Å². The SMILES string of the molecule is Cc1ccccc1-c1ccc2c(-c3ccccc3C)cccc2c1. The zero-order valence-corrected chi connectivity index (χ0v) is 14.1. The molecule has 0 bridgehead atoms. The van der Waals surface area contributed by atoms with Gasteiger partial charge in [0.25, 0.3) is 0 Å². The van der Waals surface area contributed by atoms with Crippen LogP contribution in [-0.4, -0.2) is 0 Å². The van der Waals surface area contributed by atoms with Gasteiger partial charge >= 0.3 is 0 Å². The molecule has 0 nitrogen and oxygen atoms in total. The predicted octanol–water partition coefficient (Wildman–Crippen LogP) is 6.79. The second kappa shape index (κ2) is 5.98. The second-order valence-electron chi connectivity index (χ2n) is 6.37. The van der Waals surface area contributed by atoms with Crippen LogP contribution in [0.15, 0.2) is 84.9 Å². The zero-order valence-electron chi connectivity index (χ0n) is 14.1. The van der Waals surface area contributed by atoms with E-state index in [0.29, 0.717) is 0 Å².